The SMILES string of the molecule is Cc1cc2c(cc1-c1nccnc1C)C1(c3ccccc3-c3ccccc31)c1ccccc1-2. The van der Waals surface area contributed by atoms with Gasteiger partial charge in [0.05, 0.1) is 16.8 Å². The third-order valence-corrected chi connectivity index (χ3v) is 7.48. The molecule has 156 valence electrons. The molecule has 0 fully saturated rings. The van der Waals surface area contributed by atoms with E-state index >= 15 is 0 Å². The summed E-state index contributed by atoms with van der Waals surface area (Å²) in [7, 11) is 0. The number of nitrogens with zero attached hydrogens (tertiary/aromatic N) is 2. The van der Waals surface area contributed by atoms with Crippen molar-refractivity contribution in [1.82, 2.24) is 9.97 Å². The van der Waals surface area contributed by atoms with Crippen LogP contribution in [0.5, 0.6) is 0 Å². The van der Waals surface area contributed by atoms with Gasteiger partial charge in [-0.1, -0.05) is 78.9 Å². The number of benzene rings is 4. The van der Waals surface area contributed by atoms with Gasteiger partial charge < -0.3 is 0 Å². The van der Waals surface area contributed by atoms with Gasteiger partial charge in [0, 0.05) is 18.0 Å². The normalized spacial score (nSPS) is 14.0. The molecule has 2 nitrogen and oxygen atoms in total. The summed E-state index contributed by atoms with van der Waals surface area (Å²) in [6.07, 6.45) is 3.56. The number of aromatic nitrogens is 2. The quantitative estimate of drug-likeness (QED) is 0.282. The maximum atomic E-state index is 4.73. The second kappa shape index (κ2) is 6.49. The fourth-order valence-corrected chi connectivity index (χ4v) is 6.17. The van der Waals surface area contributed by atoms with E-state index in [-0.39, 0.29) is 5.41 Å². The third kappa shape index (κ3) is 2.23. The van der Waals surface area contributed by atoms with E-state index in [1.807, 2.05) is 6.92 Å². The molecule has 7 rings (SSSR count). The summed E-state index contributed by atoms with van der Waals surface area (Å²) in [5, 5.41) is 0. The number of hydrogen-bond donors (Lipinski definition) is 0. The summed E-state index contributed by atoms with van der Waals surface area (Å²) in [4.78, 5) is 9.25. The predicted octanol–water partition coefficient (Wildman–Crippen LogP) is 7.10. The summed E-state index contributed by atoms with van der Waals surface area (Å²) in [6, 6.07) is 31.5. The first-order valence-electron chi connectivity index (χ1n) is 11.4. The fraction of sp³-hybridized carbons (Fsp3) is 0.0968. The van der Waals surface area contributed by atoms with Crippen molar-refractivity contribution >= 4 is 0 Å². The molecule has 2 heteroatoms. The van der Waals surface area contributed by atoms with Gasteiger partial charge in [0.25, 0.3) is 0 Å². The molecule has 0 amide bonds. The number of hydrogen-bond acceptors (Lipinski definition) is 2. The number of fused-ring (bicyclic) bond motifs is 10. The van der Waals surface area contributed by atoms with Gasteiger partial charge in [-0.3, -0.25) is 9.97 Å². The highest BCUT2D eigenvalue weighted by Crippen LogP contribution is 2.63. The van der Waals surface area contributed by atoms with Crippen molar-refractivity contribution < 1.29 is 0 Å². The van der Waals surface area contributed by atoms with Gasteiger partial charge in [-0.2, -0.15) is 0 Å². The summed E-state index contributed by atoms with van der Waals surface area (Å²) in [5.41, 5.74) is 14.7. The van der Waals surface area contributed by atoms with Gasteiger partial charge in [-0.25, -0.2) is 0 Å². The third-order valence-electron chi connectivity index (χ3n) is 7.48. The topological polar surface area (TPSA) is 25.8 Å². The zero-order valence-electron chi connectivity index (χ0n) is 18.6. The Morgan fingerprint density at radius 2 is 1.03 bits per heavy atom. The molecule has 0 saturated heterocycles. The zero-order chi connectivity index (χ0) is 22.2. The number of aryl methyl sites for hydroxylation is 2. The molecule has 0 unspecified atom stereocenters. The zero-order valence-corrected chi connectivity index (χ0v) is 18.6. The molecule has 0 radical (unpaired) electrons. The van der Waals surface area contributed by atoms with Gasteiger partial charge in [0.1, 0.15) is 0 Å². The van der Waals surface area contributed by atoms with Gasteiger partial charge in [0.2, 0.25) is 0 Å². The Kier molecular flexibility index (Phi) is 3.64. The minimum atomic E-state index is -0.322. The average Bonchev–Trinajstić information content (AvgIpc) is 3.31. The van der Waals surface area contributed by atoms with E-state index in [1.165, 1.54) is 50.1 Å². The molecular formula is C31H22N2. The Bertz CT molecular complexity index is 1550. The Morgan fingerprint density at radius 1 is 0.515 bits per heavy atom. The smallest absolute Gasteiger partial charge is 0.0917 e. The van der Waals surface area contributed by atoms with E-state index in [0.717, 1.165) is 17.0 Å². The Balaban J connectivity index is 1.66. The predicted molar refractivity (Wildman–Crippen MR) is 133 cm³/mol. The fourth-order valence-electron chi connectivity index (χ4n) is 6.17. The summed E-state index contributed by atoms with van der Waals surface area (Å²) in [5.74, 6) is 0. The molecule has 0 aliphatic heterocycles. The van der Waals surface area contributed by atoms with Gasteiger partial charge in [-0.05, 0) is 70.0 Å². The molecule has 0 saturated carbocycles. The molecule has 1 heterocycles. The molecule has 1 aromatic heterocycles. The lowest BCUT2D eigenvalue weighted by Gasteiger charge is -2.31. The van der Waals surface area contributed by atoms with E-state index in [1.54, 1.807) is 12.4 Å². The molecule has 0 N–H and O–H groups in total. The van der Waals surface area contributed by atoms with E-state index in [2.05, 4.69) is 96.8 Å². The van der Waals surface area contributed by atoms with Crippen molar-refractivity contribution in [1.29, 1.82) is 0 Å². The van der Waals surface area contributed by atoms with Crippen LogP contribution in [-0.4, -0.2) is 9.97 Å². The van der Waals surface area contributed by atoms with Crippen LogP contribution in [0.1, 0.15) is 33.5 Å². The lowest BCUT2D eigenvalue weighted by Crippen LogP contribution is -2.26. The van der Waals surface area contributed by atoms with Crippen molar-refractivity contribution in [2.45, 2.75) is 19.3 Å². The van der Waals surface area contributed by atoms with Crippen LogP contribution in [0.15, 0.2) is 97.3 Å². The van der Waals surface area contributed by atoms with Gasteiger partial charge in [-0.15, -0.1) is 0 Å². The molecule has 0 atom stereocenters. The minimum Gasteiger partial charge on any atom is -0.258 e. The lowest BCUT2D eigenvalue weighted by atomic mass is 9.70. The highest BCUT2D eigenvalue weighted by atomic mass is 14.8. The number of rotatable bonds is 1. The van der Waals surface area contributed by atoms with Gasteiger partial charge in [0.15, 0.2) is 0 Å². The molecule has 33 heavy (non-hydrogen) atoms. The first kappa shape index (κ1) is 18.5. The first-order valence-corrected chi connectivity index (χ1v) is 11.4. The Hall–Kier alpha value is -4.04. The highest BCUT2D eigenvalue weighted by Gasteiger charge is 2.51. The standard InChI is InChI=1S/C31H22N2/c1-19-17-25-23-11-5-8-14-28(23)31(29(25)18-24(19)30-20(2)32-15-16-33-30)26-12-6-3-9-21(26)22-10-4-7-13-27(22)31/h3-18H,1-2H3. The van der Waals surface area contributed by atoms with E-state index < -0.39 is 0 Å². The van der Waals surface area contributed by atoms with E-state index in [4.69, 9.17) is 4.98 Å². The molecular weight excluding hydrogens is 400 g/mol. The summed E-state index contributed by atoms with van der Waals surface area (Å²) >= 11 is 0. The van der Waals surface area contributed by atoms with Crippen molar-refractivity contribution in [3.05, 3.63) is 131 Å². The van der Waals surface area contributed by atoms with Crippen LogP contribution in [0.2, 0.25) is 0 Å². The van der Waals surface area contributed by atoms with Crippen LogP contribution < -0.4 is 0 Å². The molecule has 5 aromatic rings. The minimum absolute atomic E-state index is 0.322. The Labute approximate surface area is 193 Å². The molecule has 2 aliphatic carbocycles. The maximum Gasteiger partial charge on any atom is 0.0917 e. The largest absolute Gasteiger partial charge is 0.258 e. The molecule has 2 aliphatic rings. The molecule has 4 aromatic carbocycles. The summed E-state index contributed by atoms with van der Waals surface area (Å²) in [6.45, 7) is 4.23. The van der Waals surface area contributed by atoms with Crippen LogP contribution in [0, 0.1) is 13.8 Å². The molecule has 1 spiro atoms. The highest BCUT2D eigenvalue weighted by molar-refractivity contribution is 5.96. The van der Waals surface area contributed by atoms with Crippen LogP contribution >= 0.6 is 0 Å². The average molecular weight is 423 g/mol. The summed E-state index contributed by atoms with van der Waals surface area (Å²) < 4.78 is 0. The molecule has 0 bridgehead atoms. The monoisotopic (exact) mass is 422 g/mol. The van der Waals surface area contributed by atoms with Crippen molar-refractivity contribution in [2.75, 3.05) is 0 Å². The Morgan fingerprint density at radius 3 is 1.61 bits per heavy atom. The van der Waals surface area contributed by atoms with Crippen LogP contribution in [0.25, 0.3) is 33.5 Å². The van der Waals surface area contributed by atoms with Gasteiger partial charge >= 0.3 is 0 Å². The van der Waals surface area contributed by atoms with E-state index in [9.17, 15) is 0 Å². The van der Waals surface area contributed by atoms with Crippen LogP contribution in [-0.2, 0) is 5.41 Å². The first-order chi connectivity index (χ1) is 16.2. The second-order valence-corrected chi connectivity index (χ2v) is 9.09. The van der Waals surface area contributed by atoms with Crippen molar-refractivity contribution in [3.8, 4) is 33.5 Å². The van der Waals surface area contributed by atoms with Crippen molar-refractivity contribution in [2.24, 2.45) is 0 Å². The van der Waals surface area contributed by atoms with Crippen LogP contribution in [0.4, 0.5) is 0 Å². The maximum absolute atomic E-state index is 4.73. The van der Waals surface area contributed by atoms with Crippen molar-refractivity contribution in [3.63, 3.8) is 0 Å². The van der Waals surface area contributed by atoms with Crippen LogP contribution in [0.3, 0.4) is 0 Å². The van der Waals surface area contributed by atoms with E-state index in [0.29, 0.717) is 0 Å². The lowest BCUT2D eigenvalue weighted by molar-refractivity contribution is 0.793. The second-order valence-electron chi connectivity index (χ2n) is 9.09.